The van der Waals surface area contributed by atoms with Crippen molar-refractivity contribution in [3.05, 3.63) is 65.4 Å². The first-order chi connectivity index (χ1) is 12.2. The molecule has 3 aromatic rings. The van der Waals surface area contributed by atoms with E-state index in [2.05, 4.69) is 62.3 Å². The number of aryl methyl sites for hydroxylation is 2. The molecule has 128 valence electrons. The van der Waals surface area contributed by atoms with Crippen LogP contribution in [0.3, 0.4) is 0 Å². The van der Waals surface area contributed by atoms with Gasteiger partial charge in [0.25, 0.3) is 0 Å². The average molecular weight is 333 g/mol. The third kappa shape index (κ3) is 3.61. The Balaban J connectivity index is 1.41. The van der Waals surface area contributed by atoms with Crippen molar-refractivity contribution < 1.29 is 0 Å². The van der Waals surface area contributed by atoms with E-state index in [1.54, 1.807) is 0 Å². The van der Waals surface area contributed by atoms with E-state index >= 15 is 0 Å². The lowest BCUT2D eigenvalue weighted by atomic mass is 10.0. The van der Waals surface area contributed by atoms with Crippen molar-refractivity contribution in [3.8, 4) is 11.3 Å². The van der Waals surface area contributed by atoms with Crippen molar-refractivity contribution in [1.82, 2.24) is 25.1 Å². The number of nitrogens with one attached hydrogen (secondary N) is 1. The zero-order valence-corrected chi connectivity index (χ0v) is 14.7. The maximum absolute atomic E-state index is 4.52. The lowest BCUT2D eigenvalue weighted by Gasteiger charge is -2.15. The quantitative estimate of drug-likeness (QED) is 0.794. The Hall–Kier alpha value is -2.53. The number of hydrogen-bond acceptors (Lipinski definition) is 4. The summed E-state index contributed by atoms with van der Waals surface area (Å²) >= 11 is 0. The number of aromatic amines is 1. The van der Waals surface area contributed by atoms with Gasteiger partial charge in [0, 0.05) is 48.2 Å². The standard InChI is InChI=1S/C20H23N5/c1-14-3-5-17(6-4-14)19-9-20(24-23-19)18-7-8-25(13-18)12-16-10-21-15(2)22-11-16/h3-6,9-11,18H,7-8,12-13H2,1-2H3,(H,23,24). The molecule has 1 unspecified atom stereocenters. The fraction of sp³-hybridized carbons (Fsp3) is 0.350. The minimum absolute atomic E-state index is 0.512. The Kier molecular flexibility index (Phi) is 4.32. The number of hydrogen-bond donors (Lipinski definition) is 1. The third-order valence-electron chi connectivity index (χ3n) is 4.90. The molecular formula is C20H23N5. The van der Waals surface area contributed by atoms with Crippen LogP contribution < -0.4 is 0 Å². The fourth-order valence-corrected chi connectivity index (χ4v) is 3.41. The van der Waals surface area contributed by atoms with Gasteiger partial charge in [-0.15, -0.1) is 0 Å². The van der Waals surface area contributed by atoms with Crippen LogP contribution in [0.2, 0.25) is 0 Å². The number of rotatable bonds is 4. The van der Waals surface area contributed by atoms with E-state index in [1.807, 2.05) is 19.3 Å². The molecule has 1 N–H and O–H groups in total. The molecule has 2 aromatic heterocycles. The highest BCUT2D eigenvalue weighted by Gasteiger charge is 2.25. The van der Waals surface area contributed by atoms with E-state index in [-0.39, 0.29) is 0 Å². The van der Waals surface area contributed by atoms with Crippen LogP contribution in [0.1, 0.15) is 35.0 Å². The van der Waals surface area contributed by atoms with Crippen molar-refractivity contribution in [2.75, 3.05) is 13.1 Å². The Bertz CT molecular complexity index is 835. The van der Waals surface area contributed by atoms with E-state index in [9.17, 15) is 0 Å². The number of likely N-dealkylation sites (tertiary alicyclic amines) is 1. The van der Waals surface area contributed by atoms with Gasteiger partial charge >= 0.3 is 0 Å². The largest absolute Gasteiger partial charge is 0.298 e. The summed E-state index contributed by atoms with van der Waals surface area (Å²) < 4.78 is 0. The van der Waals surface area contributed by atoms with Crippen LogP contribution in [0.15, 0.2) is 42.7 Å². The van der Waals surface area contributed by atoms with Crippen molar-refractivity contribution >= 4 is 0 Å². The second-order valence-corrected chi connectivity index (χ2v) is 6.93. The summed E-state index contributed by atoms with van der Waals surface area (Å²) in [6.07, 6.45) is 5.02. The predicted molar refractivity (Wildman–Crippen MR) is 98.2 cm³/mol. The zero-order chi connectivity index (χ0) is 17.2. The molecule has 1 aliphatic heterocycles. The Morgan fingerprint density at radius 3 is 2.64 bits per heavy atom. The first-order valence-corrected chi connectivity index (χ1v) is 8.79. The summed E-state index contributed by atoms with van der Waals surface area (Å²) in [5.74, 6) is 1.34. The van der Waals surface area contributed by atoms with Crippen LogP contribution >= 0.6 is 0 Å². The summed E-state index contributed by atoms with van der Waals surface area (Å²) in [4.78, 5) is 11.0. The molecule has 5 nitrogen and oxygen atoms in total. The Morgan fingerprint density at radius 2 is 1.88 bits per heavy atom. The van der Waals surface area contributed by atoms with E-state index in [0.29, 0.717) is 5.92 Å². The lowest BCUT2D eigenvalue weighted by Crippen LogP contribution is -2.20. The molecule has 0 spiro atoms. The third-order valence-corrected chi connectivity index (χ3v) is 4.90. The van der Waals surface area contributed by atoms with Crippen LogP contribution in [0.4, 0.5) is 0 Å². The van der Waals surface area contributed by atoms with E-state index in [0.717, 1.165) is 37.6 Å². The molecule has 1 saturated heterocycles. The number of nitrogens with zero attached hydrogens (tertiary/aromatic N) is 4. The highest BCUT2D eigenvalue weighted by molar-refractivity contribution is 5.59. The van der Waals surface area contributed by atoms with Gasteiger partial charge in [0.15, 0.2) is 0 Å². The minimum Gasteiger partial charge on any atom is -0.298 e. The number of H-pyrrole nitrogens is 1. The summed E-state index contributed by atoms with van der Waals surface area (Å²) in [5, 5.41) is 7.77. The number of benzene rings is 1. The maximum Gasteiger partial charge on any atom is 0.125 e. The van der Waals surface area contributed by atoms with Gasteiger partial charge < -0.3 is 0 Å². The fourth-order valence-electron chi connectivity index (χ4n) is 3.41. The van der Waals surface area contributed by atoms with Gasteiger partial charge in [0.1, 0.15) is 5.82 Å². The summed E-state index contributed by atoms with van der Waals surface area (Å²) in [6, 6.07) is 10.7. The maximum atomic E-state index is 4.52. The average Bonchev–Trinajstić information content (AvgIpc) is 3.27. The van der Waals surface area contributed by atoms with Gasteiger partial charge in [0.2, 0.25) is 0 Å². The smallest absolute Gasteiger partial charge is 0.125 e. The second kappa shape index (κ2) is 6.76. The normalized spacial score (nSPS) is 17.9. The van der Waals surface area contributed by atoms with Crippen LogP contribution in [0.25, 0.3) is 11.3 Å². The molecular weight excluding hydrogens is 310 g/mol. The highest BCUT2D eigenvalue weighted by Crippen LogP contribution is 2.29. The number of aromatic nitrogens is 4. The van der Waals surface area contributed by atoms with Crippen LogP contribution in [-0.2, 0) is 6.54 Å². The molecule has 0 radical (unpaired) electrons. The van der Waals surface area contributed by atoms with Gasteiger partial charge in [-0.2, -0.15) is 5.10 Å². The minimum atomic E-state index is 0.512. The van der Waals surface area contributed by atoms with Gasteiger partial charge in [-0.1, -0.05) is 29.8 Å². The SMILES string of the molecule is Cc1ccc(-c2cc(C3CCN(Cc4cnc(C)nc4)C3)[nH]n2)cc1. The molecule has 0 saturated carbocycles. The molecule has 3 heterocycles. The van der Waals surface area contributed by atoms with Crippen LogP contribution in [0.5, 0.6) is 0 Å². The van der Waals surface area contributed by atoms with Gasteiger partial charge in [-0.25, -0.2) is 9.97 Å². The van der Waals surface area contributed by atoms with Gasteiger partial charge in [-0.05, 0) is 32.9 Å². The topological polar surface area (TPSA) is 57.7 Å². The monoisotopic (exact) mass is 333 g/mol. The summed E-state index contributed by atoms with van der Waals surface area (Å²) in [7, 11) is 0. The van der Waals surface area contributed by atoms with Crippen molar-refractivity contribution in [3.63, 3.8) is 0 Å². The van der Waals surface area contributed by atoms with E-state index < -0.39 is 0 Å². The molecule has 1 atom stereocenters. The molecule has 4 rings (SSSR count). The van der Waals surface area contributed by atoms with Crippen molar-refractivity contribution in [2.24, 2.45) is 0 Å². The van der Waals surface area contributed by atoms with Crippen LogP contribution in [-0.4, -0.2) is 38.2 Å². The summed E-state index contributed by atoms with van der Waals surface area (Å²) in [6.45, 7) is 7.07. The zero-order valence-electron chi connectivity index (χ0n) is 14.7. The van der Waals surface area contributed by atoms with Crippen LogP contribution in [0, 0.1) is 13.8 Å². The Labute approximate surface area is 148 Å². The molecule has 0 aliphatic carbocycles. The highest BCUT2D eigenvalue weighted by atomic mass is 15.2. The molecule has 1 fully saturated rings. The molecule has 0 bridgehead atoms. The Morgan fingerprint density at radius 1 is 1.12 bits per heavy atom. The molecule has 25 heavy (non-hydrogen) atoms. The second-order valence-electron chi connectivity index (χ2n) is 6.93. The van der Waals surface area contributed by atoms with Gasteiger partial charge in [-0.3, -0.25) is 10.00 Å². The molecule has 1 aromatic carbocycles. The molecule has 0 amide bonds. The van der Waals surface area contributed by atoms with E-state index in [4.69, 9.17) is 0 Å². The van der Waals surface area contributed by atoms with Crippen molar-refractivity contribution in [1.29, 1.82) is 0 Å². The molecule has 1 aliphatic rings. The first kappa shape index (κ1) is 16.0. The predicted octanol–water partition coefficient (Wildman–Crippen LogP) is 3.47. The summed E-state index contributed by atoms with van der Waals surface area (Å²) in [5.41, 5.74) is 5.88. The lowest BCUT2D eigenvalue weighted by molar-refractivity contribution is 0.325. The van der Waals surface area contributed by atoms with Crippen molar-refractivity contribution in [2.45, 2.75) is 32.7 Å². The van der Waals surface area contributed by atoms with E-state index in [1.165, 1.54) is 22.4 Å². The first-order valence-electron chi connectivity index (χ1n) is 8.79. The molecule has 5 heteroatoms. The van der Waals surface area contributed by atoms with Gasteiger partial charge in [0.05, 0.1) is 5.69 Å².